The lowest BCUT2D eigenvalue weighted by Gasteiger charge is -2.33. The van der Waals surface area contributed by atoms with Gasteiger partial charge < -0.3 is 19.5 Å². The summed E-state index contributed by atoms with van der Waals surface area (Å²) in [4.78, 5) is 27.4. The predicted octanol–water partition coefficient (Wildman–Crippen LogP) is 5.30. The number of carboxylic acid groups (broad SMARTS) is 1. The third kappa shape index (κ3) is 4.47. The van der Waals surface area contributed by atoms with Crippen LogP contribution in [0.3, 0.4) is 0 Å². The minimum absolute atomic E-state index is 0.155. The van der Waals surface area contributed by atoms with Crippen molar-refractivity contribution in [1.82, 2.24) is 4.57 Å². The highest BCUT2D eigenvalue weighted by molar-refractivity contribution is 6.05. The quantitative estimate of drug-likeness (QED) is 0.375. The molecule has 0 fully saturated rings. The van der Waals surface area contributed by atoms with Crippen LogP contribution in [0.5, 0.6) is 11.5 Å². The Morgan fingerprint density at radius 1 is 1.08 bits per heavy atom. The molecule has 1 atom stereocenters. The van der Waals surface area contributed by atoms with E-state index in [2.05, 4.69) is 4.90 Å². The van der Waals surface area contributed by atoms with Gasteiger partial charge in [-0.1, -0.05) is 12.1 Å². The number of carbonyl (C=O) groups is 2. The second-order valence-electron chi connectivity index (χ2n) is 9.70. The van der Waals surface area contributed by atoms with E-state index in [0.29, 0.717) is 46.6 Å². The van der Waals surface area contributed by atoms with Crippen molar-refractivity contribution in [2.24, 2.45) is 0 Å². The maximum Gasteiger partial charge on any atom is 0.307 e. The molecule has 1 aliphatic heterocycles. The van der Waals surface area contributed by atoms with E-state index in [0.717, 1.165) is 22.6 Å². The lowest BCUT2D eigenvalue weighted by Crippen LogP contribution is -2.41. The fourth-order valence-corrected chi connectivity index (χ4v) is 5.16. The number of aliphatic carboxylic acids is 1. The number of para-hydroxylation sites is 2. The van der Waals surface area contributed by atoms with E-state index in [1.807, 2.05) is 45.2 Å². The summed E-state index contributed by atoms with van der Waals surface area (Å²) in [5, 5.41) is 9.81. The molecule has 1 N–H and O–H groups in total. The molecule has 8 heteroatoms. The first-order chi connectivity index (χ1) is 18.2. The molecule has 3 aromatic carbocycles. The summed E-state index contributed by atoms with van der Waals surface area (Å²) in [5.74, 6) is -0.364. The summed E-state index contributed by atoms with van der Waals surface area (Å²) in [5.41, 5.74) is 4.46. The van der Waals surface area contributed by atoms with Crippen LogP contribution in [0.25, 0.3) is 10.9 Å². The third-order valence-corrected chi connectivity index (χ3v) is 7.27. The summed E-state index contributed by atoms with van der Waals surface area (Å²) in [6, 6.07) is 15.4. The molecule has 0 aliphatic carbocycles. The number of fused-ring (bicyclic) bond motifs is 2. The van der Waals surface area contributed by atoms with Crippen molar-refractivity contribution in [3.8, 4) is 11.5 Å². The highest BCUT2D eigenvalue weighted by Gasteiger charge is 2.26. The van der Waals surface area contributed by atoms with Crippen LogP contribution in [0, 0.1) is 26.6 Å². The van der Waals surface area contributed by atoms with Gasteiger partial charge in [-0.2, -0.15) is 0 Å². The molecular formula is C30H29FN2O5. The molecule has 0 radical (unpaired) electrons. The second kappa shape index (κ2) is 9.85. The molecule has 1 aliphatic rings. The molecule has 2 heterocycles. The number of hydrogen-bond acceptors (Lipinski definition) is 5. The van der Waals surface area contributed by atoms with Gasteiger partial charge in [0.2, 0.25) is 0 Å². The van der Waals surface area contributed by atoms with E-state index in [9.17, 15) is 19.1 Å². The van der Waals surface area contributed by atoms with Crippen molar-refractivity contribution < 1.29 is 28.6 Å². The van der Waals surface area contributed by atoms with Crippen LogP contribution < -0.4 is 14.4 Å². The molecule has 1 aromatic heterocycles. The molecule has 0 saturated carbocycles. The Labute approximate surface area is 220 Å². The van der Waals surface area contributed by atoms with Crippen LogP contribution in [-0.4, -0.2) is 47.9 Å². The van der Waals surface area contributed by atoms with Crippen LogP contribution in [0.1, 0.15) is 32.7 Å². The number of likely N-dealkylation sites (N-methyl/N-ethyl adjacent to an activating group) is 1. The van der Waals surface area contributed by atoms with Crippen LogP contribution in [0.15, 0.2) is 54.6 Å². The Morgan fingerprint density at radius 2 is 1.84 bits per heavy atom. The van der Waals surface area contributed by atoms with E-state index in [-0.39, 0.29) is 18.4 Å². The maximum atomic E-state index is 14.0. The smallest absolute Gasteiger partial charge is 0.307 e. The van der Waals surface area contributed by atoms with E-state index in [4.69, 9.17) is 9.47 Å². The Morgan fingerprint density at radius 3 is 2.61 bits per heavy atom. The molecule has 5 rings (SSSR count). The van der Waals surface area contributed by atoms with Gasteiger partial charge >= 0.3 is 5.97 Å². The molecule has 4 aromatic rings. The lowest BCUT2D eigenvalue weighted by molar-refractivity contribution is -0.136. The largest absolute Gasteiger partial charge is 0.489 e. The number of halogens is 1. The van der Waals surface area contributed by atoms with Crippen molar-refractivity contribution in [2.45, 2.75) is 33.3 Å². The first-order valence-corrected chi connectivity index (χ1v) is 12.4. The van der Waals surface area contributed by atoms with E-state index in [1.165, 1.54) is 22.8 Å². The number of rotatable bonds is 6. The average Bonchev–Trinajstić information content (AvgIpc) is 3.14. The van der Waals surface area contributed by atoms with Gasteiger partial charge in [-0.3, -0.25) is 14.2 Å². The van der Waals surface area contributed by atoms with Gasteiger partial charge in [-0.25, -0.2) is 4.39 Å². The molecule has 0 unspecified atom stereocenters. The summed E-state index contributed by atoms with van der Waals surface area (Å²) in [6.45, 7) is 6.47. The monoisotopic (exact) mass is 516 g/mol. The van der Waals surface area contributed by atoms with Crippen molar-refractivity contribution in [2.75, 3.05) is 25.1 Å². The van der Waals surface area contributed by atoms with Crippen molar-refractivity contribution in [3.05, 3.63) is 88.4 Å². The molecule has 38 heavy (non-hydrogen) atoms. The summed E-state index contributed by atoms with van der Waals surface area (Å²) < 4.78 is 27.7. The van der Waals surface area contributed by atoms with Gasteiger partial charge in [0.05, 0.1) is 24.2 Å². The van der Waals surface area contributed by atoms with Gasteiger partial charge in [0.25, 0.3) is 5.91 Å². The van der Waals surface area contributed by atoms with E-state index < -0.39 is 11.8 Å². The molecule has 0 saturated heterocycles. The number of nitrogens with zero attached hydrogens (tertiary/aromatic N) is 2. The fourth-order valence-electron chi connectivity index (χ4n) is 5.16. The first-order valence-electron chi connectivity index (χ1n) is 12.4. The number of anilines is 1. The molecular weight excluding hydrogens is 487 g/mol. The van der Waals surface area contributed by atoms with Crippen molar-refractivity contribution in [3.63, 3.8) is 0 Å². The van der Waals surface area contributed by atoms with Gasteiger partial charge in [-0.05, 0) is 79.9 Å². The molecule has 0 bridgehead atoms. The fraction of sp³-hybridized carbons (Fsp3) is 0.267. The lowest BCUT2D eigenvalue weighted by atomic mass is 10.0. The summed E-state index contributed by atoms with van der Waals surface area (Å²) in [7, 11) is 2.02. The standard InChI is InChI=1S/C30H29FN2O5/c1-17-18(2)27(37-16-21-15-32(4)26-7-5-6-8-28(26)38-21)12-10-22(17)30(36)33-19(3)23(14-29(34)35)24-13-20(31)9-11-25(24)33/h5-13,21H,14-16H2,1-4H3,(H,34,35)/t21-/m0/s1. The normalized spacial score (nSPS) is 14.8. The number of hydrogen-bond donors (Lipinski definition) is 1. The molecule has 0 amide bonds. The molecule has 196 valence electrons. The molecule has 7 nitrogen and oxygen atoms in total. The Hall–Kier alpha value is -4.33. The summed E-state index contributed by atoms with van der Waals surface area (Å²) in [6.07, 6.45) is -0.461. The van der Waals surface area contributed by atoms with Crippen molar-refractivity contribution >= 4 is 28.5 Å². The van der Waals surface area contributed by atoms with Crippen LogP contribution >= 0.6 is 0 Å². The minimum Gasteiger partial charge on any atom is -0.489 e. The topological polar surface area (TPSA) is 81.0 Å². The zero-order valence-corrected chi connectivity index (χ0v) is 21.7. The Balaban J connectivity index is 1.41. The Bertz CT molecular complexity index is 1570. The van der Waals surface area contributed by atoms with Gasteiger partial charge in [0.1, 0.15) is 30.0 Å². The van der Waals surface area contributed by atoms with Crippen molar-refractivity contribution in [1.29, 1.82) is 0 Å². The highest BCUT2D eigenvalue weighted by atomic mass is 19.1. The zero-order chi connectivity index (χ0) is 27.1. The maximum absolute atomic E-state index is 14.0. The van der Waals surface area contributed by atoms with Gasteiger partial charge in [-0.15, -0.1) is 0 Å². The number of ether oxygens (including phenoxy) is 2. The van der Waals surface area contributed by atoms with Crippen LogP contribution in [0.2, 0.25) is 0 Å². The van der Waals surface area contributed by atoms with Crippen LogP contribution in [0.4, 0.5) is 10.1 Å². The first kappa shape index (κ1) is 25.3. The van der Waals surface area contributed by atoms with Crippen LogP contribution in [-0.2, 0) is 11.2 Å². The highest BCUT2D eigenvalue weighted by Crippen LogP contribution is 2.33. The third-order valence-electron chi connectivity index (χ3n) is 7.27. The van der Waals surface area contributed by atoms with E-state index in [1.54, 1.807) is 19.1 Å². The van der Waals surface area contributed by atoms with Gasteiger partial charge in [0.15, 0.2) is 0 Å². The van der Waals surface area contributed by atoms with Gasteiger partial charge in [0, 0.05) is 23.7 Å². The zero-order valence-electron chi connectivity index (χ0n) is 21.7. The SMILES string of the molecule is Cc1c(OC[C@@H]2CN(C)c3ccccc3O2)ccc(C(=O)n2c(C)c(CC(=O)O)c3cc(F)ccc32)c1C. The number of aromatic nitrogens is 1. The number of carbonyl (C=O) groups excluding carboxylic acids is 1. The minimum atomic E-state index is -1.05. The van der Waals surface area contributed by atoms with E-state index >= 15 is 0 Å². The average molecular weight is 517 g/mol. The number of carboxylic acids is 1. The number of benzene rings is 3. The second-order valence-corrected chi connectivity index (χ2v) is 9.70. The predicted molar refractivity (Wildman–Crippen MR) is 143 cm³/mol. The summed E-state index contributed by atoms with van der Waals surface area (Å²) >= 11 is 0. The molecule has 0 spiro atoms. The Kier molecular flexibility index (Phi) is 6.57.